The lowest BCUT2D eigenvalue weighted by atomic mass is 10.2. The van der Waals surface area contributed by atoms with Gasteiger partial charge in [0.25, 0.3) is 5.91 Å². The van der Waals surface area contributed by atoms with Crippen molar-refractivity contribution < 1.29 is 14.7 Å². The first-order valence-corrected chi connectivity index (χ1v) is 4.81. The van der Waals surface area contributed by atoms with Crippen molar-refractivity contribution in [1.82, 2.24) is 15.5 Å². The smallest absolute Gasteiger partial charge is 0.308 e. The maximum Gasteiger partial charge on any atom is 0.308 e. The molecular formula is C10H13N3O3. The molecule has 1 unspecified atom stereocenters. The minimum absolute atomic E-state index is 0.0928. The first kappa shape index (κ1) is 12.1. The Morgan fingerprint density at radius 1 is 1.56 bits per heavy atom. The van der Waals surface area contributed by atoms with Crippen LogP contribution in [0.1, 0.15) is 23.0 Å². The van der Waals surface area contributed by atoms with E-state index in [2.05, 4.69) is 15.5 Å². The summed E-state index contributed by atoms with van der Waals surface area (Å²) in [6.07, 6.45) is 1.34. The second-order valence-corrected chi connectivity index (χ2v) is 3.53. The van der Waals surface area contributed by atoms with E-state index in [9.17, 15) is 9.59 Å². The Morgan fingerprint density at radius 2 is 2.25 bits per heavy atom. The summed E-state index contributed by atoms with van der Waals surface area (Å²) in [7, 11) is 0. The molecule has 1 aromatic rings. The third-order valence-corrected chi connectivity index (χ3v) is 2.03. The largest absolute Gasteiger partial charge is 0.481 e. The van der Waals surface area contributed by atoms with E-state index in [0.29, 0.717) is 11.3 Å². The van der Waals surface area contributed by atoms with Crippen LogP contribution in [0.15, 0.2) is 12.3 Å². The molecule has 1 aromatic heterocycles. The molecule has 0 spiro atoms. The van der Waals surface area contributed by atoms with Crippen molar-refractivity contribution in [3.05, 3.63) is 23.5 Å². The molecule has 0 fully saturated rings. The average Bonchev–Trinajstić information content (AvgIpc) is 2.25. The Kier molecular flexibility index (Phi) is 3.93. The van der Waals surface area contributed by atoms with Gasteiger partial charge in [0.15, 0.2) is 0 Å². The van der Waals surface area contributed by atoms with Gasteiger partial charge in [-0.1, -0.05) is 6.92 Å². The highest BCUT2D eigenvalue weighted by atomic mass is 16.4. The number of hydrogen-bond donors (Lipinski definition) is 2. The summed E-state index contributed by atoms with van der Waals surface area (Å²) in [4.78, 5) is 22.1. The summed E-state index contributed by atoms with van der Waals surface area (Å²) in [5.41, 5.74) is 1.02. The van der Waals surface area contributed by atoms with Gasteiger partial charge in [-0.15, -0.1) is 0 Å². The van der Waals surface area contributed by atoms with Crippen LogP contribution < -0.4 is 5.32 Å². The van der Waals surface area contributed by atoms with Gasteiger partial charge < -0.3 is 10.4 Å². The molecule has 0 saturated heterocycles. The van der Waals surface area contributed by atoms with E-state index < -0.39 is 11.9 Å². The van der Waals surface area contributed by atoms with Gasteiger partial charge >= 0.3 is 5.97 Å². The SMILES string of the molecule is Cc1cc(C(=O)NCC(C)C(=O)O)cnn1. The highest BCUT2D eigenvalue weighted by Gasteiger charge is 2.13. The molecule has 0 bridgehead atoms. The van der Waals surface area contributed by atoms with Crippen molar-refractivity contribution in [1.29, 1.82) is 0 Å². The van der Waals surface area contributed by atoms with Gasteiger partial charge in [0, 0.05) is 6.54 Å². The highest BCUT2D eigenvalue weighted by molar-refractivity contribution is 5.94. The molecule has 0 aliphatic carbocycles. The normalized spacial score (nSPS) is 11.9. The van der Waals surface area contributed by atoms with Gasteiger partial charge in [-0.25, -0.2) is 0 Å². The third kappa shape index (κ3) is 3.30. The molecule has 1 heterocycles. The van der Waals surface area contributed by atoms with Crippen LogP contribution in [0.5, 0.6) is 0 Å². The van der Waals surface area contributed by atoms with Gasteiger partial charge in [0.1, 0.15) is 0 Å². The predicted molar refractivity (Wildman–Crippen MR) is 55.9 cm³/mol. The quantitative estimate of drug-likeness (QED) is 0.762. The second-order valence-electron chi connectivity index (χ2n) is 3.53. The average molecular weight is 223 g/mol. The van der Waals surface area contributed by atoms with Gasteiger partial charge in [-0.05, 0) is 13.0 Å². The molecule has 6 nitrogen and oxygen atoms in total. The van der Waals surface area contributed by atoms with Crippen LogP contribution in [0, 0.1) is 12.8 Å². The molecule has 16 heavy (non-hydrogen) atoms. The predicted octanol–water partition coefficient (Wildman–Crippen LogP) is 0.236. The zero-order valence-corrected chi connectivity index (χ0v) is 9.10. The summed E-state index contributed by atoms with van der Waals surface area (Å²) in [6, 6.07) is 1.59. The van der Waals surface area contributed by atoms with E-state index in [4.69, 9.17) is 5.11 Å². The molecule has 2 N–H and O–H groups in total. The first-order chi connectivity index (χ1) is 7.50. The molecule has 0 saturated carbocycles. The summed E-state index contributed by atoms with van der Waals surface area (Å²) in [5, 5.41) is 18.5. The van der Waals surface area contributed by atoms with Crippen LogP contribution in [0.2, 0.25) is 0 Å². The maximum atomic E-state index is 11.6. The molecule has 1 rings (SSSR count). The van der Waals surface area contributed by atoms with E-state index >= 15 is 0 Å². The standard InChI is InChI=1S/C10H13N3O3/c1-6(10(15)16)4-11-9(14)8-3-7(2)13-12-5-8/h3,5-6H,4H2,1-2H3,(H,11,14)(H,15,16). The van der Waals surface area contributed by atoms with Gasteiger partial charge in [0.2, 0.25) is 0 Å². The van der Waals surface area contributed by atoms with Crippen molar-refractivity contribution in [3.8, 4) is 0 Å². The van der Waals surface area contributed by atoms with Crippen molar-refractivity contribution in [2.45, 2.75) is 13.8 Å². The zero-order valence-electron chi connectivity index (χ0n) is 9.10. The van der Waals surface area contributed by atoms with Crippen molar-refractivity contribution in [2.24, 2.45) is 5.92 Å². The number of carbonyl (C=O) groups excluding carboxylic acids is 1. The van der Waals surface area contributed by atoms with Crippen LogP contribution in [-0.2, 0) is 4.79 Å². The summed E-state index contributed by atoms with van der Waals surface area (Å²) in [5.74, 6) is -1.89. The number of amides is 1. The molecular weight excluding hydrogens is 210 g/mol. The maximum absolute atomic E-state index is 11.6. The minimum atomic E-state index is -0.940. The van der Waals surface area contributed by atoms with E-state index in [1.54, 1.807) is 13.0 Å². The van der Waals surface area contributed by atoms with E-state index in [1.807, 2.05) is 0 Å². The number of carboxylic acid groups (broad SMARTS) is 1. The lowest BCUT2D eigenvalue weighted by Gasteiger charge is -2.08. The van der Waals surface area contributed by atoms with Crippen LogP contribution in [0.25, 0.3) is 0 Å². The summed E-state index contributed by atoms with van der Waals surface area (Å²) in [6.45, 7) is 3.35. The number of hydrogen-bond acceptors (Lipinski definition) is 4. The third-order valence-electron chi connectivity index (χ3n) is 2.03. The fraction of sp³-hybridized carbons (Fsp3) is 0.400. The van der Waals surface area contributed by atoms with Gasteiger partial charge in [0.05, 0.1) is 23.4 Å². The number of carboxylic acids is 1. The molecule has 6 heteroatoms. The number of nitrogens with one attached hydrogen (secondary N) is 1. The van der Waals surface area contributed by atoms with Gasteiger partial charge in [-0.2, -0.15) is 10.2 Å². The molecule has 1 amide bonds. The zero-order chi connectivity index (χ0) is 12.1. The number of nitrogens with zero attached hydrogens (tertiary/aromatic N) is 2. The number of carbonyl (C=O) groups is 2. The summed E-state index contributed by atoms with van der Waals surface area (Å²) < 4.78 is 0. The van der Waals surface area contributed by atoms with Crippen LogP contribution in [0.3, 0.4) is 0 Å². The van der Waals surface area contributed by atoms with E-state index in [1.165, 1.54) is 13.1 Å². The second kappa shape index (κ2) is 5.20. The van der Waals surface area contributed by atoms with Crippen LogP contribution >= 0.6 is 0 Å². The number of aromatic nitrogens is 2. The Balaban J connectivity index is 2.56. The Hall–Kier alpha value is -1.98. The number of rotatable bonds is 4. The van der Waals surface area contributed by atoms with Crippen LogP contribution in [-0.4, -0.2) is 33.7 Å². The summed E-state index contributed by atoms with van der Waals surface area (Å²) >= 11 is 0. The Bertz CT molecular complexity index is 406. The Morgan fingerprint density at radius 3 is 2.81 bits per heavy atom. The van der Waals surface area contributed by atoms with E-state index in [0.717, 1.165) is 0 Å². The molecule has 0 aromatic carbocycles. The Labute approximate surface area is 92.7 Å². The lowest BCUT2D eigenvalue weighted by Crippen LogP contribution is -2.31. The molecule has 1 atom stereocenters. The minimum Gasteiger partial charge on any atom is -0.481 e. The monoisotopic (exact) mass is 223 g/mol. The fourth-order valence-corrected chi connectivity index (χ4v) is 1.03. The lowest BCUT2D eigenvalue weighted by molar-refractivity contribution is -0.140. The number of aryl methyl sites for hydroxylation is 1. The number of aliphatic carboxylic acids is 1. The van der Waals surface area contributed by atoms with Crippen molar-refractivity contribution >= 4 is 11.9 Å². The fourth-order valence-electron chi connectivity index (χ4n) is 1.03. The highest BCUT2D eigenvalue weighted by Crippen LogP contribution is 1.99. The van der Waals surface area contributed by atoms with Crippen molar-refractivity contribution in [2.75, 3.05) is 6.54 Å². The van der Waals surface area contributed by atoms with Crippen molar-refractivity contribution in [3.63, 3.8) is 0 Å². The first-order valence-electron chi connectivity index (χ1n) is 4.81. The molecule has 0 aliphatic rings. The molecule has 0 radical (unpaired) electrons. The molecule has 86 valence electrons. The molecule has 0 aliphatic heterocycles. The van der Waals surface area contributed by atoms with Crippen LogP contribution in [0.4, 0.5) is 0 Å². The van der Waals surface area contributed by atoms with Gasteiger partial charge in [-0.3, -0.25) is 9.59 Å². The topological polar surface area (TPSA) is 92.2 Å². The van der Waals surface area contributed by atoms with E-state index in [-0.39, 0.29) is 12.5 Å².